The summed E-state index contributed by atoms with van der Waals surface area (Å²) in [5, 5.41) is 1.19. The molecule has 4 heteroatoms. The average Bonchev–Trinajstić information content (AvgIpc) is 2.48. The van der Waals surface area contributed by atoms with Crippen LogP contribution in [0.15, 0.2) is 30.3 Å². The molecule has 0 aliphatic carbocycles. The minimum Gasteiger partial charge on any atom is -0.472 e. The number of benzene rings is 1. The molecule has 1 aromatic heterocycles. The first-order valence-corrected chi connectivity index (χ1v) is 7.57. The van der Waals surface area contributed by atoms with E-state index in [2.05, 4.69) is 25.0 Å². The summed E-state index contributed by atoms with van der Waals surface area (Å²) in [7, 11) is 2.27. The summed E-state index contributed by atoms with van der Waals surface area (Å²) >= 11 is 0. The molecule has 3 rings (SSSR count). The summed E-state index contributed by atoms with van der Waals surface area (Å²) in [6.07, 6.45) is 0. The molecule has 1 fully saturated rings. The van der Waals surface area contributed by atoms with Gasteiger partial charge in [0.05, 0.1) is 25.8 Å². The normalized spacial score (nSPS) is 17.8. The van der Waals surface area contributed by atoms with E-state index in [1.54, 1.807) is 0 Å². The lowest BCUT2D eigenvalue weighted by Gasteiger charge is -2.37. The maximum Gasteiger partial charge on any atom is 0.214 e. The molecule has 0 saturated carbocycles. The molecule has 4 nitrogen and oxygen atoms in total. The summed E-state index contributed by atoms with van der Waals surface area (Å²) in [6.45, 7) is 7.62. The van der Waals surface area contributed by atoms with Gasteiger partial charge in [0.1, 0.15) is 26.2 Å². The summed E-state index contributed by atoms with van der Waals surface area (Å²) in [5.74, 6) is 0.728. The fourth-order valence-corrected chi connectivity index (χ4v) is 2.77. The molecule has 0 spiro atoms. The van der Waals surface area contributed by atoms with Crippen molar-refractivity contribution in [3.8, 4) is 5.88 Å². The van der Waals surface area contributed by atoms with Crippen molar-refractivity contribution in [1.29, 1.82) is 0 Å². The van der Waals surface area contributed by atoms with Crippen LogP contribution in [0.2, 0.25) is 0 Å². The molecule has 0 radical (unpaired) electrons. The number of aromatic nitrogens is 1. The third-order valence-electron chi connectivity index (χ3n) is 4.33. The molecule has 0 bridgehead atoms. The van der Waals surface area contributed by atoms with Crippen LogP contribution in [0.1, 0.15) is 5.56 Å². The number of aryl methyl sites for hydroxylation is 1. The second-order valence-corrected chi connectivity index (χ2v) is 6.05. The van der Waals surface area contributed by atoms with Crippen LogP contribution in [0.4, 0.5) is 0 Å². The Balaban J connectivity index is 1.65. The van der Waals surface area contributed by atoms with Crippen LogP contribution in [0.3, 0.4) is 0 Å². The Kier molecular flexibility index (Phi) is 4.08. The van der Waals surface area contributed by atoms with Gasteiger partial charge in [-0.25, -0.2) is 4.98 Å². The summed E-state index contributed by atoms with van der Waals surface area (Å²) in [5.41, 5.74) is 2.21. The lowest BCUT2D eigenvalue weighted by molar-refractivity contribution is -0.916. The van der Waals surface area contributed by atoms with Gasteiger partial charge >= 0.3 is 0 Å². The number of fused-ring (bicyclic) bond motifs is 1. The number of quaternary nitrogens is 1. The van der Waals surface area contributed by atoms with Gasteiger partial charge in [-0.05, 0) is 18.6 Å². The van der Waals surface area contributed by atoms with Gasteiger partial charge in [-0.15, -0.1) is 0 Å². The number of ether oxygens (including phenoxy) is 2. The average molecular weight is 287 g/mol. The van der Waals surface area contributed by atoms with Gasteiger partial charge in [0.15, 0.2) is 0 Å². The molecular formula is C17H23N2O2+. The number of morpholine rings is 1. The molecule has 1 aromatic carbocycles. The summed E-state index contributed by atoms with van der Waals surface area (Å²) < 4.78 is 12.3. The van der Waals surface area contributed by atoms with Crippen molar-refractivity contribution in [1.82, 2.24) is 4.98 Å². The zero-order valence-electron chi connectivity index (χ0n) is 12.8. The Morgan fingerprint density at radius 2 is 2.00 bits per heavy atom. The van der Waals surface area contributed by atoms with Gasteiger partial charge in [0.2, 0.25) is 5.88 Å². The summed E-state index contributed by atoms with van der Waals surface area (Å²) in [6, 6.07) is 10.2. The minimum atomic E-state index is 0.696. The number of para-hydroxylation sites is 1. The van der Waals surface area contributed by atoms with Crippen LogP contribution in [-0.4, -0.2) is 56.0 Å². The molecule has 0 atom stereocenters. The largest absolute Gasteiger partial charge is 0.472 e. The Labute approximate surface area is 125 Å². The zero-order valence-corrected chi connectivity index (χ0v) is 12.8. The van der Waals surface area contributed by atoms with Crippen molar-refractivity contribution in [2.24, 2.45) is 0 Å². The van der Waals surface area contributed by atoms with Crippen molar-refractivity contribution in [2.45, 2.75) is 6.92 Å². The van der Waals surface area contributed by atoms with E-state index in [0.717, 1.165) is 48.7 Å². The van der Waals surface area contributed by atoms with E-state index in [0.29, 0.717) is 6.61 Å². The Morgan fingerprint density at radius 3 is 2.81 bits per heavy atom. The van der Waals surface area contributed by atoms with Crippen molar-refractivity contribution in [2.75, 3.05) is 46.5 Å². The zero-order chi connectivity index (χ0) is 14.7. The lowest BCUT2D eigenvalue weighted by Crippen LogP contribution is -2.53. The first kappa shape index (κ1) is 14.3. The highest BCUT2D eigenvalue weighted by Gasteiger charge is 2.24. The van der Waals surface area contributed by atoms with Crippen LogP contribution in [0, 0.1) is 6.92 Å². The number of hydrogen-bond acceptors (Lipinski definition) is 3. The van der Waals surface area contributed by atoms with Gasteiger partial charge < -0.3 is 14.0 Å². The van der Waals surface area contributed by atoms with E-state index in [9.17, 15) is 0 Å². The van der Waals surface area contributed by atoms with E-state index in [-0.39, 0.29) is 0 Å². The predicted octanol–water partition coefficient (Wildman–Crippen LogP) is 2.40. The number of hydrogen-bond donors (Lipinski definition) is 0. The SMILES string of the molecule is Cc1cc(OCC[N+]2(C)CCOCC2)nc2ccccc12. The van der Waals surface area contributed by atoms with Gasteiger partial charge in [-0.2, -0.15) is 0 Å². The molecule has 0 N–H and O–H groups in total. The number of rotatable bonds is 4. The quantitative estimate of drug-likeness (QED) is 0.809. The van der Waals surface area contributed by atoms with Crippen LogP contribution in [0.5, 0.6) is 5.88 Å². The maximum atomic E-state index is 5.90. The van der Waals surface area contributed by atoms with E-state index >= 15 is 0 Å². The Bertz CT molecular complexity index is 621. The standard InChI is InChI=1S/C17H23N2O2/c1-14-13-17(18-16-6-4-3-5-15(14)16)21-12-9-19(2)7-10-20-11-8-19/h3-6,13H,7-12H2,1-2H3/q+1. The predicted molar refractivity (Wildman–Crippen MR) is 83.6 cm³/mol. The van der Waals surface area contributed by atoms with Gasteiger partial charge in [-0.1, -0.05) is 18.2 Å². The molecule has 21 heavy (non-hydrogen) atoms. The Hall–Kier alpha value is -1.65. The van der Waals surface area contributed by atoms with Gasteiger partial charge in [0, 0.05) is 11.5 Å². The molecule has 1 aliphatic heterocycles. The highest BCUT2D eigenvalue weighted by atomic mass is 16.5. The van der Waals surface area contributed by atoms with Gasteiger partial charge in [-0.3, -0.25) is 0 Å². The van der Waals surface area contributed by atoms with Crippen molar-refractivity contribution in [3.63, 3.8) is 0 Å². The second kappa shape index (κ2) is 6.00. The van der Waals surface area contributed by atoms with Crippen molar-refractivity contribution in [3.05, 3.63) is 35.9 Å². The number of nitrogens with zero attached hydrogens (tertiary/aromatic N) is 2. The highest BCUT2D eigenvalue weighted by molar-refractivity contribution is 5.82. The Morgan fingerprint density at radius 1 is 1.24 bits per heavy atom. The molecular weight excluding hydrogens is 264 g/mol. The second-order valence-electron chi connectivity index (χ2n) is 6.05. The van der Waals surface area contributed by atoms with Crippen molar-refractivity contribution >= 4 is 10.9 Å². The minimum absolute atomic E-state index is 0.696. The number of likely N-dealkylation sites (N-methyl/N-ethyl adjacent to an activating group) is 1. The van der Waals surface area contributed by atoms with E-state index < -0.39 is 0 Å². The lowest BCUT2D eigenvalue weighted by atomic mass is 10.1. The topological polar surface area (TPSA) is 31.4 Å². The number of pyridine rings is 1. The van der Waals surface area contributed by atoms with Crippen molar-refractivity contribution < 1.29 is 14.0 Å². The van der Waals surface area contributed by atoms with Crippen LogP contribution in [-0.2, 0) is 4.74 Å². The third-order valence-corrected chi connectivity index (χ3v) is 4.33. The smallest absolute Gasteiger partial charge is 0.214 e. The van der Waals surface area contributed by atoms with Crippen LogP contribution >= 0.6 is 0 Å². The molecule has 112 valence electrons. The maximum absolute atomic E-state index is 5.90. The van der Waals surface area contributed by atoms with Crippen LogP contribution < -0.4 is 4.74 Å². The monoisotopic (exact) mass is 287 g/mol. The molecule has 1 aliphatic rings. The molecule has 0 unspecified atom stereocenters. The van der Waals surface area contributed by atoms with Crippen LogP contribution in [0.25, 0.3) is 10.9 Å². The third kappa shape index (κ3) is 3.34. The first-order chi connectivity index (χ1) is 10.2. The summed E-state index contributed by atoms with van der Waals surface area (Å²) in [4.78, 5) is 4.59. The van der Waals surface area contributed by atoms with E-state index in [1.165, 1.54) is 10.9 Å². The fraction of sp³-hybridized carbons (Fsp3) is 0.471. The fourth-order valence-electron chi connectivity index (χ4n) is 2.77. The van der Waals surface area contributed by atoms with E-state index in [4.69, 9.17) is 9.47 Å². The molecule has 1 saturated heterocycles. The van der Waals surface area contributed by atoms with Gasteiger partial charge in [0.25, 0.3) is 0 Å². The molecule has 2 heterocycles. The van der Waals surface area contributed by atoms with E-state index in [1.807, 2.05) is 24.3 Å². The molecule has 2 aromatic rings. The highest BCUT2D eigenvalue weighted by Crippen LogP contribution is 2.21. The molecule has 0 amide bonds. The first-order valence-electron chi connectivity index (χ1n) is 7.57.